The summed E-state index contributed by atoms with van der Waals surface area (Å²) in [5.41, 5.74) is -0.378. The third-order valence-corrected chi connectivity index (χ3v) is 5.51. The monoisotopic (exact) mass is 338 g/mol. The largest absolute Gasteiger partial charge is 0.481 e. The Bertz CT molecular complexity index is 672. The third-order valence-electron chi connectivity index (χ3n) is 5.51. The van der Waals surface area contributed by atoms with Crippen molar-refractivity contribution in [1.29, 1.82) is 0 Å². The van der Waals surface area contributed by atoms with E-state index in [0.717, 1.165) is 6.07 Å². The van der Waals surface area contributed by atoms with Crippen molar-refractivity contribution in [3.05, 3.63) is 35.4 Å². The highest BCUT2D eigenvalue weighted by Crippen LogP contribution is 2.43. The van der Waals surface area contributed by atoms with E-state index in [1.165, 1.54) is 6.07 Å². The zero-order valence-corrected chi connectivity index (χ0v) is 13.5. The fraction of sp³-hybridized carbons (Fsp3) is 0.529. The average Bonchev–Trinajstić information content (AvgIpc) is 2.79. The molecule has 24 heavy (non-hydrogen) atoms. The molecule has 0 unspecified atom stereocenters. The Hall–Kier alpha value is -2.02. The molecular formula is C17H20F2N2O3. The van der Waals surface area contributed by atoms with E-state index < -0.39 is 29.1 Å². The lowest BCUT2D eigenvalue weighted by Crippen LogP contribution is -2.55. The van der Waals surface area contributed by atoms with Crippen molar-refractivity contribution in [1.82, 2.24) is 9.80 Å². The van der Waals surface area contributed by atoms with Crippen molar-refractivity contribution in [2.24, 2.45) is 5.92 Å². The van der Waals surface area contributed by atoms with Gasteiger partial charge in [-0.15, -0.1) is 0 Å². The number of hydrogen-bond acceptors (Lipinski definition) is 3. The molecule has 2 aliphatic heterocycles. The maximum absolute atomic E-state index is 13.8. The number of hydrogen-bond donors (Lipinski definition) is 1. The van der Waals surface area contributed by atoms with Crippen LogP contribution in [-0.4, -0.2) is 52.5 Å². The van der Waals surface area contributed by atoms with E-state index in [9.17, 15) is 23.5 Å². The first kappa shape index (κ1) is 16.8. The van der Waals surface area contributed by atoms with Crippen molar-refractivity contribution in [3.8, 4) is 0 Å². The number of aliphatic carboxylic acids is 1. The van der Waals surface area contributed by atoms with Crippen LogP contribution in [0, 0.1) is 17.6 Å². The van der Waals surface area contributed by atoms with E-state index in [2.05, 4.69) is 0 Å². The fourth-order valence-electron chi connectivity index (χ4n) is 3.99. The second-order valence-corrected chi connectivity index (χ2v) is 6.64. The van der Waals surface area contributed by atoms with Gasteiger partial charge < -0.3 is 10.0 Å². The summed E-state index contributed by atoms with van der Waals surface area (Å²) in [5.74, 6) is -3.50. The van der Waals surface area contributed by atoms with Crippen LogP contribution >= 0.6 is 0 Å². The molecular weight excluding hydrogens is 318 g/mol. The van der Waals surface area contributed by atoms with Crippen molar-refractivity contribution in [3.63, 3.8) is 0 Å². The van der Waals surface area contributed by atoms with Gasteiger partial charge in [-0.1, -0.05) is 12.1 Å². The molecule has 1 atom stereocenters. The second-order valence-electron chi connectivity index (χ2n) is 6.64. The van der Waals surface area contributed by atoms with Gasteiger partial charge in [0.25, 0.3) is 0 Å². The van der Waals surface area contributed by atoms with Crippen LogP contribution in [0.15, 0.2) is 18.2 Å². The number of nitrogens with zero attached hydrogens (tertiary/aromatic N) is 2. The van der Waals surface area contributed by atoms with Crippen LogP contribution in [0.5, 0.6) is 0 Å². The molecule has 1 N–H and O–H groups in total. The first-order valence-corrected chi connectivity index (χ1v) is 8.00. The van der Waals surface area contributed by atoms with Gasteiger partial charge in [-0.3, -0.25) is 14.5 Å². The van der Waals surface area contributed by atoms with E-state index in [0.29, 0.717) is 25.9 Å². The van der Waals surface area contributed by atoms with Crippen LogP contribution < -0.4 is 0 Å². The molecule has 1 aromatic rings. The van der Waals surface area contributed by atoms with Gasteiger partial charge in [-0.05, 0) is 18.9 Å². The Balaban J connectivity index is 1.72. The summed E-state index contributed by atoms with van der Waals surface area (Å²) >= 11 is 0. The second kappa shape index (κ2) is 6.12. The maximum Gasteiger partial charge on any atom is 0.309 e. The lowest BCUT2D eigenvalue weighted by Gasteiger charge is -2.45. The van der Waals surface area contributed by atoms with Gasteiger partial charge in [0.2, 0.25) is 5.91 Å². The quantitative estimate of drug-likeness (QED) is 0.914. The minimum atomic E-state index is -0.947. The smallest absolute Gasteiger partial charge is 0.309 e. The van der Waals surface area contributed by atoms with E-state index in [1.807, 2.05) is 4.90 Å². The minimum Gasteiger partial charge on any atom is -0.481 e. The molecule has 1 aromatic carbocycles. The molecule has 0 aliphatic carbocycles. The molecule has 130 valence electrons. The molecule has 7 heteroatoms. The van der Waals surface area contributed by atoms with Crippen LogP contribution in [0.4, 0.5) is 8.78 Å². The number of amides is 1. The summed E-state index contributed by atoms with van der Waals surface area (Å²) in [5, 5.41) is 9.45. The molecule has 1 amide bonds. The zero-order chi connectivity index (χ0) is 17.5. The highest BCUT2D eigenvalue weighted by atomic mass is 19.2. The first-order chi connectivity index (χ1) is 11.3. The number of benzene rings is 1. The predicted octanol–water partition coefficient (Wildman–Crippen LogP) is 1.86. The van der Waals surface area contributed by atoms with E-state index in [1.54, 1.807) is 18.0 Å². The topological polar surface area (TPSA) is 60.9 Å². The Morgan fingerprint density at radius 1 is 1.33 bits per heavy atom. The molecule has 0 saturated carbocycles. The third kappa shape index (κ3) is 2.66. The lowest BCUT2D eigenvalue weighted by molar-refractivity contribution is -0.146. The number of carbonyl (C=O) groups is 2. The van der Waals surface area contributed by atoms with Crippen LogP contribution in [-0.2, 0) is 16.1 Å². The lowest BCUT2D eigenvalue weighted by atomic mass is 9.77. The molecule has 3 rings (SSSR count). The average molecular weight is 338 g/mol. The molecule has 0 aromatic heterocycles. The van der Waals surface area contributed by atoms with Gasteiger partial charge in [-0.2, -0.15) is 0 Å². The van der Waals surface area contributed by atoms with Crippen LogP contribution in [0.2, 0.25) is 0 Å². The van der Waals surface area contributed by atoms with Crippen LogP contribution in [0.1, 0.15) is 24.8 Å². The van der Waals surface area contributed by atoms with Gasteiger partial charge in [0.05, 0.1) is 11.5 Å². The van der Waals surface area contributed by atoms with Gasteiger partial charge >= 0.3 is 5.97 Å². The van der Waals surface area contributed by atoms with Crippen molar-refractivity contribution < 1.29 is 23.5 Å². The Morgan fingerprint density at radius 2 is 2.00 bits per heavy atom. The summed E-state index contributed by atoms with van der Waals surface area (Å²) in [6.45, 7) is 1.35. The van der Waals surface area contributed by atoms with E-state index in [4.69, 9.17) is 0 Å². The molecule has 2 fully saturated rings. The number of likely N-dealkylation sites (tertiary alicyclic amines) is 2. The normalized spacial score (nSPS) is 23.9. The molecule has 0 bridgehead atoms. The number of rotatable bonds is 3. The van der Waals surface area contributed by atoms with Gasteiger partial charge in [0.15, 0.2) is 11.6 Å². The van der Waals surface area contributed by atoms with E-state index >= 15 is 0 Å². The van der Waals surface area contributed by atoms with Crippen molar-refractivity contribution >= 4 is 11.9 Å². The Labute approximate surface area is 138 Å². The van der Waals surface area contributed by atoms with Crippen molar-refractivity contribution in [2.45, 2.75) is 31.3 Å². The minimum absolute atomic E-state index is 0.0321. The fourth-order valence-corrected chi connectivity index (χ4v) is 3.99. The predicted molar refractivity (Wildman–Crippen MR) is 82.1 cm³/mol. The molecule has 2 saturated heterocycles. The number of carbonyl (C=O) groups excluding carboxylic acids is 1. The van der Waals surface area contributed by atoms with Gasteiger partial charge in [0.1, 0.15) is 0 Å². The van der Waals surface area contributed by atoms with Gasteiger partial charge in [-0.25, -0.2) is 8.78 Å². The van der Waals surface area contributed by atoms with Crippen molar-refractivity contribution in [2.75, 3.05) is 20.1 Å². The summed E-state index contributed by atoms with van der Waals surface area (Å²) in [6.07, 6.45) is 1.07. The highest BCUT2D eigenvalue weighted by Gasteiger charge is 2.55. The highest BCUT2D eigenvalue weighted by molar-refractivity contribution is 5.88. The zero-order valence-electron chi connectivity index (χ0n) is 13.5. The Morgan fingerprint density at radius 3 is 2.62 bits per heavy atom. The number of halogens is 2. The summed E-state index contributed by atoms with van der Waals surface area (Å²) < 4.78 is 27.1. The molecule has 2 heterocycles. The number of piperidine rings is 1. The first-order valence-electron chi connectivity index (χ1n) is 8.00. The molecule has 1 spiro atoms. The van der Waals surface area contributed by atoms with Crippen LogP contribution in [0.3, 0.4) is 0 Å². The SMILES string of the molecule is CN1C(=O)C[C@@H](C(=O)O)C12CCN(Cc1cccc(F)c1F)CC2. The molecule has 0 radical (unpaired) electrons. The summed E-state index contributed by atoms with van der Waals surface area (Å²) in [7, 11) is 1.66. The standard InChI is InChI=1S/C17H20F2N2O3/c1-20-14(22)9-12(16(23)24)17(20)5-7-21(8-6-17)10-11-3-2-4-13(18)15(11)19/h2-4,12H,5-10H2,1H3,(H,23,24)/t12-/m0/s1. The number of carboxylic acids is 1. The Kier molecular flexibility index (Phi) is 4.29. The summed E-state index contributed by atoms with van der Waals surface area (Å²) in [4.78, 5) is 27.1. The molecule has 2 aliphatic rings. The number of carboxylic acid groups (broad SMARTS) is 1. The van der Waals surface area contributed by atoms with Crippen LogP contribution in [0.25, 0.3) is 0 Å². The maximum atomic E-state index is 13.8. The summed E-state index contributed by atoms with van der Waals surface area (Å²) in [6, 6.07) is 4.11. The molecule has 5 nitrogen and oxygen atoms in total. The van der Waals surface area contributed by atoms with E-state index in [-0.39, 0.29) is 24.4 Å². The van der Waals surface area contributed by atoms with Gasteiger partial charge in [0, 0.05) is 38.7 Å².